The molecule has 2 aromatic carbocycles. The van der Waals surface area contributed by atoms with Gasteiger partial charge in [0.2, 0.25) is 5.91 Å². The smallest absolute Gasteiger partial charge is 0.323 e. The summed E-state index contributed by atoms with van der Waals surface area (Å²) < 4.78 is 17.9. The molecule has 0 bridgehead atoms. The van der Waals surface area contributed by atoms with E-state index < -0.39 is 12.1 Å². The maximum atomic E-state index is 14.4. The Hall–Kier alpha value is -3.83. The molecule has 11 nitrogen and oxygen atoms in total. The van der Waals surface area contributed by atoms with Crippen LogP contribution in [-0.4, -0.2) is 91.5 Å². The highest BCUT2D eigenvalue weighted by atomic mass is 16.5. The number of aliphatic hydroxyl groups is 1. The number of urea groups is 1. The van der Waals surface area contributed by atoms with Crippen LogP contribution in [0.4, 0.5) is 16.2 Å². The minimum atomic E-state index is -0.504. The molecule has 0 radical (unpaired) electrons. The molecule has 2 aromatic rings. The van der Waals surface area contributed by atoms with Crippen LogP contribution in [0.15, 0.2) is 42.5 Å². The number of hydrogen-bond acceptors (Lipinski definition) is 7. The summed E-state index contributed by atoms with van der Waals surface area (Å²) in [5.41, 5.74) is 1.29. The standard InChI is InChI=1S/C37H54N4O7/c1-25-22-41(26(2)24-42)36(44)32-21-30(39-37(45)38-29-14-17-31(46-5)18-15-29)16-19-33(32)48-27(3)11-9-10-20-47-34(25)23-40(4)35(43)28-12-7-6-8-13-28/h14-19,21,25-28,34,42H,6-13,20,22-24H2,1-5H3,(H2,38,39,45)/t25-,26-,27-,34+/m1/s1. The van der Waals surface area contributed by atoms with E-state index in [0.29, 0.717) is 42.6 Å². The lowest BCUT2D eigenvalue weighted by Gasteiger charge is -2.36. The first-order chi connectivity index (χ1) is 23.1. The van der Waals surface area contributed by atoms with E-state index in [-0.39, 0.29) is 48.0 Å². The van der Waals surface area contributed by atoms with E-state index in [1.807, 2.05) is 25.8 Å². The topological polar surface area (TPSA) is 130 Å². The van der Waals surface area contributed by atoms with Crippen LogP contribution in [0.2, 0.25) is 0 Å². The summed E-state index contributed by atoms with van der Waals surface area (Å²) in [5.74, 6) is 0.842. The molecule has 48 heavy (non-hydrogen) atoms. The van der Waals surface area contributed by atoms with E-state index in [0.717, 1.165) is 44.9 Å². The third-order valence-electron chi connectivity index (χ3n) is 9.44. The lowest BCUT2D eigenvalue weighted by atomic mass is 9.88. The Balaban J connectivity index is 1.57. The number of hydrogen-bond donors (Lipinski definition) is 3. The molecule has 1 saturated carbocycles. The zero-order valence-corrected chi connectivity index (χ0v) is 29.2. The summed E-state index contributed by atoms with van der Waals surface area (Å²) in [6.45, 7) is 6.83. The molecular weight excluding hydrogens is 612 g/mol. The first-order valence-corrected chi connectivity index (χ1v) is 17.4. The van der Waals surface area contributed by atoms with E-state index in [1.165, 1.54) is 6.42 Å². The van der Waals surface area contributed by atoms with Crippen molar-refractivity contribution in [1.82, 2.24) is 9.80 Å². The lowest BCUT2D eigenvalue weighted by Crippen LogP contribution is -2.48. The average molecular weight is 667 g/mol. The van der Waals surface area contributed by atoms with Crippen molar-refractivity contribution in [3.63, 3.8) is 0 Å². The van der Waals surface area contributed by atoms with E-state index in [2.05, 4.69) is 10.6 Å². The van der Waals surface area contributed by atoms with Crippen LogP contribution in [0.5, 0.6) is 11.5 Å². The number of rotatable bonds is 8. The number of nitrogens with one attached hydrogen (secondary N) is 2. The largest absolute Gasteiger partial charge is 0.497 e. The molecule has 4 atom stereocenters. The average Bonchev–Trinajstić information content (AvgIpc) is 3.09. The summed E-state index contributed by atoms with van der Waals surface area (Å²) in [6, 6.07) is 11.0. The first-order valence-electron chi connectivity index (χ1n) is 17.4. The number of carbonyl (C=O) groups is 3. The monoisotopic (exact) mass is 666 g/mol. The number of aliphatic hydroxyl groups excluding tert-OH is 1. The molecule has 0 spiro atoms. The zero-order valence-electron chi connectivity index (χ0n) is 29.2. The van der Waals surface area contributed by atoms with Crippen molar-refractivity contribution >= 4 is 29.2 Å². The molecule has 3 N–H and O–H groups in total. The normalized spacial score (nSPS) is 22.0. The highest BCUT2D eigenvalue weighted by Crippen LogP contribution is 2.29. The Kier molecular flexibility index (Phi) is 13.9. The Labute approximate surface area is 285 Å². The Morgan fingerprint density at radius 2 is 1.67 bits per heavy atom. The van der Waals surface area contributed by atoms with Crippen LogP contribution >= 0.6 is 0 Å². The number of anilines is 2. The summed E-state index contributed by atoms with van der Waals surface area (Å²) in [5, 5.41) is 15.9. The van der Waals surface area contributed by atoms with Crippen LogP contribution in [0.1, 0.15) is 82.5 Å². The van der Waals surface area contributed by atoms with Gasteiger partial charge in [0, 0.05) is 50.0 Å². The fourth-order valence-corrected chi connectivity index (χ4v) is 6.45. The van der Waals surface area contributed by atoms with E-state index in [9.17, 15) is 19.5 Å². The molecule has 2 aliphatic rings. The number of methoxy groups -OCH3 is 1. The fourth-order valence-electron chi connectivity index (χ4n) is 6.45. The highest BCUT2D eigenvalue weighted by Gasteiger charge is 2.32. The van der Waals surface area contributed by atoms with Crippen molar-refractivity contribution in [2.45, 2.75) is 90.4 Å². The molecule has 1 heterocycles. The second-order valence-corrected chi connectivity index (χ2v) is 13.4. The van der Waals surface area contributed by atoms with Gasteiger partial charge in [-0.1, -0.05) is 26.2 Å². The van der Waals surface area contributed by atoms with Gasteiger partial charge in [-0.25, -0.2) is 4.79 Å². The summed E-state index contributed by atoms with van der Waals surface area (Å²) >= 11 is 0. The lowest BCUT2D eigenvalue weighted by molar-refractivity contribution is -0.137. The molecule has 0 saturated heterocycles. The molecule has 264 valence electrons. The number of ether oxygens (including phenoxy) is 3. The van der Waals surface area contributed by atoms with Gasteiger partial charge < -0.3 is 39.8 Å². The number of benzene rings is 2. The van der Waals surface area contributed by atoms with Gasteiger partial charge in [-0.15, -0.1) is 0 Å². The van der Waals surface area contributed by atoms with Gasteiger partial charge >= 0.3 is 6.03 Å². The number of likely N-dealkylation sites (N-methyl/N-ethyl adjacent to an activating group) is 1. The van der Waals surface area contributed by atoms with Gasteiger partial charge in [0.1, 0.15) is 11.5 Å². The first kappa shape index (κ1) is 37.0. The fraction of sp³-hybridized carbons (Fsp3) is 0.595. The SMILES string of the molecule is COc1ccc(NC(=O)Nc2ccc3c(c2)C(=O)N([C@H](C)CO)C[C@@H](C)[C@H](CN(C)C(=O)C2CCCCC2)OCCCC[C@@H](C)O3)cc1. The van der Waals surface area contributed by atoms with E-state index >= 15 is 0 Å². The molecule has 11 heteroatoms. The second-order valence-electron chi connectivity index (χ2n) is 13.4. The van der Waals surface area contributed by atoms with E-state index in [1.54, 1.807) is 61.4 Å². The maximum absolute atomic E-state index is 14.4. The minimum Gasteiger partial charge on any atom is -0.497 e. The second kappa shape index (κ2) is 18.1. The number of nitrogens with zero attached hydrogens (tertiary/aromatic N) is 2. The molecule has 4 amide bonds. The van der Waals surface area contributed by atoms with Crippen molar-refractivity contribution in [2.75, 3.05) is 51.1 Å². The molecule has 1 fully saturated rings. The van der Waals surface area contributed by atoms with Gasteiger partial charge in [0.05, 0.1) is 37.5 Å². The predicted molar refractivity (Wildman–Crippen MR) is 187 cm³/mol. The number of amides is 4. The van der Waals surface area contributed by atoms with Crippen molar-refractivity contribution in [1.29, 1.82) is 0 Å². The van der Waals surface area contributed by atoms with Crippen LogP contribution in [0.25, 0.3) is 0 Å². The van der Waals surface area contributed by atoms with Crippen molar-refractivity contribution in [3.8, 4) is 11.5 Å². The highest BCUT2D eigenvalue weighted by molar-refractivity contribution is 6.02. The molecular formula is C37H54N4O7. The van der Waals surface area contributed by atoms with Gasteiger partial charge in [0.25, 0.3) is 5.91 Å². The maximum Gasteiger partial charge on any atom is 0.323 e. The van der Waals surface area contributed by atoms with Crippen LogP contribution in [0, 0.1) is 11.8 Å². The Morgan fingerprint density at radius 3 is 2.35 bits per heavy atom. The van der Waals surface area contributed by atoms with Crippen molar-refractivity contribution in [2.24, 2.45) is 11.8 Å². The van der Waals surface area contributed by atoms with Crippen LogP contribution in [-0.2, 0) is 9.53 Å². The van der Waals surface area contributed by atoms with Crippen LogP contribution in [0.3, 0.4) is 0 Å². The summed E-state index contributed by atoms with van der Waals surface area (Å²) in [4.78, 5) is 44.1. The molecule has 0 aromatic heterocycles. The molecule has 4 rings (SSSR count). The number of carbonyl (C=O) groups excluding carboxylic acids is 3. The molecule has 1 aliphatic heterocycles. The quantitative estimate of drug-likeness (QED) is 0.307. The summed E-state index contributed by atoms with van der Waals surface area (Å²) in [6.07, 6.45) is 7.23. The predicted octanol–water partition coefficient (Wildman–Crippen LogP) is 6.17. The molecule has 1 aliphatic carbocycles. The van der Waals surface area contributed by atoms with Gasteiger partial charge in [-0.05, 0) is 88.4 Å². The Bertz CT molecular complexity index is 1350. The Morgan fingerprint density at radius 1 is 1.00 bits per heavy atom. The number of fused-ring (bicyclic) bond motifs is 1. The zero-order chi connectivity index (χ0) is 34.6. The van der Waals surface area contributed by atoms with Gasteiger partial charge in [-0.2, -0.15) is 0 Å². The third-order valence-corrected chi connectivity index (χ3v) is 9.44. The minimum absolute atomic E-state index is 0.0594. The summed E-state index contributed by atoms with van der Waals surface area (Å²) in [7, 11) is 3.43. The van der Waals surface area contributed by atoms with E-state index in [4.69, 9.17) is 14.2 Å². The van der Waals surface area contributed by atoms with Crippen molar-refractivity contribution in [3.05, 3.63) is 48.0 Å². The molecule has 0 unspecified atom stereocenters. The third kappa shape index (κ3) is 10.3. The van der Waals surface area contributed by atoms with Crippen LogP contribution < -0.4 is 20.1 Å². The van der Waals surface area contributed by atoms with Gasteiger partial charge in [-0.3, -0.25) is 9.59 Å². The van der Waals surface area contributed by atoms with Crippen molar-refractivity contribution < 1.29 is 33.7 Å². The van der Waals surface area contributed by atoms with Gasteiger partial charge in [0.15, 0.2) is 0 Å².